The fraction of sp³-hybridized carbons (Fsp3) is 0.909. The zero-order chi connectivity index (χ0) is 25.2. The molecule has 0 aliphatic carbocycles. The van der Waals surface area contributed by atoms with Crippen molar-refractivity contribution in [3.63, 3.8) is 0 Å². The van der Waals surface area contributed by atoms with E-state index in [0.29, 0.717) is 0 Å². The minimum absolute atomic E-state index is 1.20. The molecule has 0 aliphatic rings. The smallest absolute Gasteiger partial charge is 0.234 e. The summed E-state index contributed by atoms with van der Waals surface area (Å²) in [7, 11) is 0. The van der Waals surface area contributed by atoms with Gasteiger partial charge in [0.2, 0.25) is 0 Å². The second kappa shape index (κ2) is 24.9. The monoisotopic (exact) mass is 490 g/mol. The Labute approximate surface area is 221 Å². The molecule has 1 rings (SSSR count). The summed E-state index contributed by atoms with van der Waals surface area (Å²) in [5.74, 6) is 1.59. The van der Waals surface area contributed by atoms with E-state index in [0.717, 1.165) is 0 Å². The van der Waals surface area contributed by atoms with Gasteiger partial charge in [0.25, 0.3) is 5.82 Å². The third-order valence-corrected chi connectivity index (χ3v) is 7.85. The van der Waals surface area contributed by atoms with Crippen LogP contribution < -0.4 is 4.57 Å². The highest BCUT2D eigenvalue weighted by Gasteiger charge is 2.16. The van der Waals surface area contributed by atoms with Crippen molar-refractivity contribution in [1.82, 2.24) is 4.57 Å². The van der Waals surface area contributed by atoms with E-state index in [1.807, 2.05) is 0 Å². The van der Waals surface area contributed by atoms with Crippen LogP contribution in [0.15, 0.2) is 12.4 Å². The first kappa shape index (κ1) is 32.2. The van der Waals surface area contributed by atoms with E-state index in [9.17, 15) is 0 Å². The Bertz CT molecular complexity index is 547. The van der Waals surface area contributed by atoms with Crippen molar-refractivity contribution in [2.75, 3.05) is 0 Å². The fourth-order valence-electron chi connectivity index (χ4n) is 5.41. The van der Waals surface area contributed by atoms with Gasteiger partial charge in [0.05, 0.1) is 13.1 Å². The maximum absolute atomic E-state index is 2.59. The number of hydrogen-bond acceptors (Lipinski definition) is 0. The molecule has 2 heteroatoms. The van der Waals surface area contributed by atoms with E-state index in [1.165, 1.54) is 174 Å². The summed E-state index contributed by atoms with van der Waals surface area (Å²) in [4.78, 5) is 0. The zero-order valence-corrected chi connectivity index (χ0v) is 24.6. The fourth-order valence-corrected chi connectivity index (χ4v) is 5.41. The van der Waals surface area contributed by atoms with Gasteiger partial charge in [0.15, 0.2) is 0 Å². The third kappa shape index (κ3) is 18.2. The van der Waals surface area contributed by atoms with Gasteiger partial charge in [-0.2, -0.15) is 0 Å². The molecular weight excluding hydrogens is 424 g/mol. The van der Waals surface area contributed by atoms with Crippen molar-refractivity contribution < 1.29 is 4.57 Å². The molecule has 0 aromatic carbocycles. The van der Waals surface area contributed by atoms with E-state index in [1.54, 1.807) is 5.82 Å². The quantitative estimate of drug-likeness (QED) is 0.0858. The summed E-state index contributed by atoms with van der Waals surface area (Å²) in [6.07, 6.45) is 40.1. The maximum atomic E-state index is 2.59. The molecule has 1 aromatic heterocycles. The summed E-state index contributed by atoms with van der Waals surface area (Å²) in [6, 6.07) is 0. The predicted octanol–water partition coefficient (Wildman–Crippen LogP) is 10.7. The van der Waals surface area contributed by atoms with Crippen molar-refractivity contribution in [2.24, 2.45) is 0 Å². The van der Waals surface area contributed by atoms with Gasteiger partial charge in [0.1, 0.15) is 12.4 Å². The van der Waals surface area contributed by atoms with Gasteiger partial charge in [0, 0.05) is 6.42 Å². The molecule has 0 amide bonds. The summed E-state index contributed by atoms with van der Waals surface area (Å²) in [5.41, 5.74) is 0. The Morgan fingerprint density at radius 3 is 1.34 bits per heavy atom. The molecule has 0 saturated heterocycles. The molecule has 1 aromatic rings. The van der Waals surface area contributed by atoms with Crippen LogP contribution in [-0.4, -0.2) is 4.57 Å². The van der Waals surface area contributed by atoms with Crippen LogP contribution >= 0.6 is 0 Å². The molecule has 0 radical (unpaired) electrons. The van der Waals surface area contributed by atoms with Gasteiger partial charge >= 0.3 is 0 Å². The predicted molar refractivity (Wildman–Crippen MR) is 156 cm³/mol. The van der Waals surface area contributed by atoms with Crippen molar-refractivity contribution in [3.05, 3.63) is 18.2 Å². The first-order valence-electron chi connectivity index (χ1n) is 16.4. The van der Waals surface area contributed by atoms with Crippen molar-refractivity contribution in [3.8, 4) is 0 Å². The molecule has 0 fully saturated rings. The van der Waals surface area contributed by atoms with Crippen molar-refractivity contribution >= 4 is 0 Å². The summed E-state index contributed by atoms with van der Waals surface area (Å²) < 4.78 is 5.15. The standard InChI is InChI=1S/C33H65N2/c1-4-7-10-12-14-15-16-17-18-19-20-21-23-25-27-30-35-32-31-34(29-9-6-3)33(35)28-26-24-22-13-11-8-5-2/h31-32H,4-30H2,1-3H3/q+1. The molecule has 1 heterocycles. The molecule has 0 aliphatic heterocycles. The van der Waals surface area contributed by atoms with E-state index < -0.39 is 0 Å². The topological polar surface area (TPSA) is 8.81 Å². The highest BCUT2D eigenvalue weighted by atomic mass is 15.1. The number of hydrogen-bond donors (Lipinski definition) is 0. The number of unbranched alkanes of at least 4 members (excludes halogenated alkanes) is 21. The normalized spacial score (nSPS) is 11.5. The van der Waals surface area contributed by atoms with Crippen LogP contribution in [0.2, 0.25) is 0 Å². The van der Waals surface area contributed by atoms with E-state index in [-0.39, 0.29) is 0 Å². The Morgan fingerprint density at radius 2 is 0.886 bits per heavy atom. The molecule has 0 spiro atoms. The Balaban J connectivity index is 2.11. The largest absolute Gasteiger partial charge is 0.256 e. The third-order valence-electron chi connectivity index (χ3n) is 7.85. The first-order chi connectivity index (χ1) is 17.3. The number of nitrogens with zero attached hydrogens (tertiary/aromatic N) is 2. The van der Waals surface area contributed by atoms with Gasteiger partial charge in [-0.15, -0.1) is 0 Å². The number of aryl methyl sites for hydroxylation is 2. The number of rotatable bonds is 27. The summed E-state index contributed by atoms with van der Waals surface area (Å²) in [6.45, 7) is 9.35. The molecule has 0 N–H and O–H groups in total. The average molecular weight is 490 g/mol. The lowest BCUT2D eigenvalue weighted by atomic mass is 10.0. The Morgan fingerprint density at radius 1 is 0.486 bits per heavy atom. The molecule has 0 atom stereocenters. The first-order valence-corrected chi connectivity index (χ1v) is 16.4. The molecule has 0 saturated carbocycles. The van der Waals surface area contributed by atoms with E-state index in [2.05, 4.69) is 42.3 Å². The van der Waals surface area contributed by atoms with Gasteiger partial charge in [-0.05, 0) is 25.7 Å². The number of aromatic nitrogens is 2. The highest BCUT2D eigenvalue weighted by molar-refractivity contribution is 4.84. The lowest BCUT2D eigenvalue weighted by Gasteiger charge is -2.06. The molecule has 35 heavy (non-hydrogen) atoms. The maximum Gasteiger partial charge on any atom is 0.256 e. The average Bonchev–Trinajstić information content (AvgIpc) is 3.25. The van der Waals surface area contributed by atoms with Crippen molar-refractivity contribution in [2.45, 2.75) is 194 Å². The minimum Gasteiger partial charge on any atom is -0.234 e. The van der Waals surface area contributed by atoms with Gasteiger partial charge in [-0.3, -0.25) is 0 Å². The van der Waals surface area contributed by atoms with E-state index >= 15 is 0 Å². The van der Waals surface area contributed by atoms with Crippen LogP contribution in [0.5, 0.6) is 0 Å². The van der Waals surface area contributed by atoms with Crippen LogP contribution in [0.4, 0.5) is 0 Å². The van der Waals surface area contributed by atoms with E-state index in [4.69, 9.17) is 0 Å². The SMILES string of the molecule is CCCCCCCCCCCCCCCCC[n+]1ccn(CCCC)c1CCCCCCCCC. The molecule has 0 unspecified atom stereocenters. The second-order valence-electron chi connectivity index (χ2n) is 11.3. The number of imidazole rings is 1. The second-order valence-corrected chi connectivity index (χ2v) is 11.3. The highest BCUT2D eigenvalue weighted by Crippen LogP contribution is 2.14. The Kier molecular flexibility index (Phi) is 22.9. The minimum atomic E-state index is 1.20. The van der Waals surface area contributed by atoms with Crippen LogP contribution in [0.25, 0.3) is 0 Å². The van der Waals surface area contributed by atoms with Crippen LogP contribution in [0.1, 0.15) is 181 Å². The van der Waals surface area contributed by atoms with Crippen LogP contribution in [0, 0.1) is 0 Å². The van der Waals surface area contributed by atoms with Crippen molar-refractivity contribution in [1.29, 1.82) is 0 Å². The molecule has 2 nitrogen and oxygen atoms in total. The summed E-state index contributed by atoms with van der Waals surface area (Å²) >= 11 is 0. The Hall–Kier alpha value is -0.790. The lowest BCUT2D eigenvalue weighted by molar-refractivity contribution is -0.704. The van der Waals surface area contributed by atoms with Crippen LogP contribution in [0.3, 0.4) is 0 Å². The molecular formula is C33H65N2+. The zero-order valence-electron chi connectivity index (χ0n) is 24.6. The molecule has 0 bridgehead atoms. The van der Waals surface area contributed by atoms with Gasteiger partial charge in [-0.1, -0.05) is 149 Å². The van der Waals surface area contributed by atoms with Gasteiger partial charge < -0.3 is 0 Å². The lowest BCUT2D eigenvalue weighted by Crippen LogP contribution is -2.37. The van der Waals surface area contributed by atoms with Gasteiger partial charge in [-0.25, -0.2) is 9.13 Å². The molecule has 206 valence electrons. The summed E-state index contributed by atoms with van der Waals surface area (Å²) in [5, 5.41) is 0. The van der Waals surface area contributed by atoms with Crippen LogP contribution in [-0.2, 0) is 19.5 Å².